The molecule has 2 heteroatoms. The van der Waals surface area contributed by atoms with Gasteiger partial charge in [-0.3, -0.25) is 5.32 Å². The smallest absolute Gasteiger partial charge is 0.0683 e. The van der Waals surface area contributed by atoms with Crippen LogP contribution in [0.2, 0.25) is 0 Å². The van der Waals surface area contributed by atoms with Crippen molar-refractivity contribution < 1.29 is 0 Å². The summed E-state index contributed by atoms with van der Waals surface area (Å²) in [5.41, 5.74) is 1.32. The lowest BCUT2D eigenvalue weighted by Crippen LogP contribution is -2.20. The van der Waals surface area contributed by atoms with Gasteiger partial charge in [-0.1, -0.05) is 30.3 Å². The van der Waals surface area contributed by atoms with E-state index < -0.39 is 0 Å². The lowest BCUT2D eigenvalue weighted by Gasteiger charge is -2.17. The molecule has 0 aromatic heterocycles. The summed E-state index contributed by atoms with van der Waals surface area (Å²) in [6.45, 7) is 3.17. The molecule has 0 aliphatic carbocycles. The number of benzene rings is 2. The van der Waals surface area contributed by atoms with E-state index in [2.05, 4.69) is 52.7 Å². The molecule has 0 bridgehead atoms. The monoisotopic (exact) mass is 198 g/mol. The normalized spacial score (nSPS) is 16.1. The van der Waals surface area contributed by atoms with Gasteiger partial charge in [0.15, 0.2) is 0 Å². The predicted octanol–water partition coefficient (Wildman–Crippen LogP) is 2.21. The first-order valence-corrected chi connectivity index (χ1v) is 5.38. The van der Waals surface area contributed by atoms with Gasteiger partial charge in [-0.25, -0.2) is 0 Å². The molecule has 0 atom stereocenters. The summed E-state index contributed by atoms with van der Waals surface area (Å²) in [5, 5.41) is 5.98. The molecule has 1 aliphatic heterocycles. The first-order valence-electron chi connectivity index (χ1n) is 5.38. The summed E-state index contributed by atoms with van der Waals surface area (Å²) in [7, 11) is 0. The Morgan fingerprint density at radius 3 is 2.67 bits per heavy atom. The van der Waals surface area contributed by atoms with Gasteiger partial charge in [-0.05, 0) is 22.9 Å². The molecule has 0 unspecified atom stereocenters. The molecular weight excluding hydrogens is 184 g/mol. The number of anilines is 1. The maximum atomic E-state index is 3.34. The summed E-state index contributed by atoms with van der Waals surface area (Å²) in [5.74, 6) is 0. The van der Waals surface area contributed by atoms with Crippen molar-refractivity contribution in [3.8, 4) is 0 Å². The molecule has 3 rings (SSSR count). The van der Waals surface area contributed by atoms with Gasteiger partial charge in [0.2, 0.25) is 0 Å². The average Bonchev–Trinajstić information content (AvgIpc) is 2.82. The fraction of sp³-hybridized carbons (Fsp3) is 0.231. The van der Waals surface area contributed by atoms with Crippen molar-refractivity contribution in [2.45, 2.75) is 0 Å². The predicted molar refractivity (Wildman–Crippen MR) is 64.2 cm³/mol. The van der Waals surface area contributed by atoms with Crippen LogP contribution in [0.15, 0.2) is 42.5 Å². The van der Waals surface area contributed by atoms with Crippen LogP contribution in [0.4, 0.5) is 5.69 Å². The van der Waals surface area contributed by atoms with Gasteiger partial charge < -0.3 is 4.90 Å². The highest BCUT2D eigenvalue weighted by Crippen LogP contribution is 2.22. The van der Waals surface area contributed by atoms with Crippen LogP contribution in [-0.2, 0) is 0 Å². The third-order valence-electron chi connectivity index (χ3n) is 2.96. The molecule has 1 fully saturated rings. The van der Waals surface area contributed by atoms with Crippen LogP contribution < -0.4 is 10.2 Å². The minimum absolute atomic E-state index is 0.971. The van der Waals surface area contributed by atoms with E-state index in [1.54, 1.807) is 0 Å². The highest BCUT2D eigenvalue weighted by molar-refractivity contribution is 5.85. The van der Waals surface area contributed by atoms with Gasteiger partial charge in [0.25, 0.3) is 0 Å². The lowest BCUT2D eigenvalue weighted by molar-refractivity contribution is 0.855. The zero-order valence-corrected chi connectivity index (χ0v) is 8.61. The maximum absolute atomic E-state index is 3.34. The summed E-state index contributed by atoms with van der Waals surface area (Å²) < 4.78 is 0. The van der Waals surface area contributed by atoms with E-state index in [1.165, 1.54) is 16.5 Å². The van der Waals surface area contributed by atoms with Crippen LogP contribution in [0.5, 0.6) is 0 Å². The molecule has 1 saturated heterocycles. The molecular formula is C13H14N2. The van der Waals surface area contributed by atoms with Crippen molar-refractivity contribution in [1.82, 2.24) is 5.32 Å². The Labute approximate surface area is 89.5 Å². The van der Waals surface area contributed by atoms with E-state index >= 15 is 0 Å². The van der Waals surface area contributed by atoms with Crippen molar-refractivity contribution in [2.24, 2.45) is 0 Å². The Hall–Kier alpha value is -1.54. The molecule has 0 radical (unpaired) electrons. The topological polar surface area (TPSA) is 15.3 Å². The second kappa shape index (κ2) is 3.55. The Morgan fingerprint density at radius 1 is 1.00 bits per heavy atom. The lowest BCUT2D eigenvalue weighted by atomic mass is 10.1. The van der Waals surface area contributed by atoms with Gasteiger partial charge in [-0.15, -0.1) is 0 Å². The molecule has 2 aromatic rings. The van der Waals surface area contributed by atoms with E-state index in [0.29, 0.717) is 0 Å². The minimum atomic E-state index is 0.971. The maximum Gasteiger partial charge on any atom is 0.0683 e. The fourth-order valence-electron chi connectivity index (χ4n) is 2.10. The first-order chi connectivity index (χ1) is 7.43. The fourth-order valence-corrected chi connectivity index (χ4v) is 2.10. The Morgan fingerprint density at radius 2 is 1.87 bits per heavy atom. The molecule has 1 N–H and O–H groups in total. The van der Waals surface area contributed by atoms with Gasteiger partial charge in [0.1, 0.15) is 0 Å². The molecule has 15 heavy (non-hydrogen) atoms. The van der Waals surface area contributed by atoms with Crippen molar-refractivity contribution >= 4 is 16.5 Å². The number of hydrogen-bond acceptors (Lipinski definition) is 2. The third kappa shape index (κ3) is 1.57. The van der Waals surface area contributed by atoms with E-state index in [-0.39, 0.29) is 0 Å². The van der Waals surface area contributed by atoms with Crippen LogP contribution in [0.1, 0.15) is 0 Å². The number of nitrogens with zero attached hydrogens (tertiary/aromatic N) is 1. The van der Waals surface area contributed by atoms with E-state index in [4.69, 9.17) is 0 Å². The summed E-state index contributed by atoms with van der Waals surface area (Å²) in [6.07, 6.45) is 0. The van der Waals surface area contributed by atoms with Crippen molar-refractivity contribution in [1.29, 1.82) is 0 Å². The number of fused-ring (bicyclic) bond motifs is 1. The molecule has 2 nitrogen and oxygen atoms in total. The van der Waals surface area contributed by atoms with Crippen LogP contribution in [-0.4, -0.2) is 19.8 Å². The second-order valence-electron chi connectivity index (χ2n) is 3.95. The minimum Gasteiger partial charge on any atom is -0.357 e. The molecule has 76 valence electrons. The van der Waals surface area contributed by atoms with E-state index in [9.17, 15) is 0 Å². The molecule has 1 aliphatic rings. The second-order valence-corrected chi connectivity index (χ2v) is 3.95. The molecule has 2 aromatic carbocycles. The summed E-state index contributed by atoms with van der Waals surface area (Å²) >= 11 is 0. The third-order valence-corrected chi connectivity index (χ3v) is 2.96. The van der Waals surface area contributed by atoms with Crippen molar-refractivity contribution in [3.63, 3.8) is 0 Å². The number of rotatable bonds is 1. The zero-order chi connectivity index (χ0) is 10.1. The summed E-state index contributed by atoms with van der Waals surface area (Å²) in [4.78, 5) is 2.37. The standard InChI is InChI=1S/C13H14N2/c1-2-4-12-9-13(6-5-11(12)3-1)15-8-7-14-10-15/h1-6,9,14H,7-8,10H2. The quantitative estimate of drug-likeness (QED) is 0.755. The van der Waals surface area contributed by atoms with Gasteiger partial charge >= 0.3 is 0 Å². The largest absolute Gasteiger partial charge is 0.357 e. The van der Waals surface area contributed by atoms with E-state index in [0.717, 1.165) is 19.8 Å². The Balaban J connectivity index is 2.05. The van der Waals surface area contributed by atoms with E-state index in [1.807, 2.05) is 0 Å². The molecule has 1 heterocycles. The van der Waals surface area contributed by atoms with Crippen molar-refractivity contribution in [3.05, 3.63) is 42.5 Å². The van der Waals surface area contributed by atoms with Gasteiger partial charge in [0, 0.05) is 18.8 Å². The number of nitrogens with one attached hydrogen (secondary N) is 1. The number of hydrogen-bond donors (Lipinski definition) is 1. The van der Waals surface area contributed by atoms with Crippen LogP contribution >= 0.6 is 0 Å². The highest BCUT2D eigenvalue weighted by Gasteiger charge is 2.11. The first kappa shape index (κ1) is 8.74. The van der Waals surface area contributed by atoms with Gasteiger partial charge in [0.05, 0.1) is 6.67 Å². The molecule has 0 saturated carbocycles. The van der Waals surface area contributed by atoms with Crippen LogP contribution in [0.3, 0.4) is 0 Å². The Bertz CT molecular complexity index is 473. The van der Waals surface area contributed by atoms with Crippen molar-refractivity contribution in [2.75, 3.05) is 24.7 Å². The summed E-state index contributed by atoms with van der Waals surface area (Å²) in [6, 6.07) is 15.2. The Kier molecular flexibility index (Phi) is 2.07. The molecule has 0 amide bonds. The van der Waals surface area contributed by atoms with Gasteiger partial charge in [-0.2, -0.15) is 0 Å². The zero-order valence-electron chi connectivity index (χ0n) is 8.61. The van der Waals surface area contributed by atoms with Crippen LogP contribution in [0.25, 0.3) is 10.8 Å². The highest BCUT2D eigenvalue weighted by atomic mass is 15.3. The SMILES string of the molecule is c1ccc2cc(N3CCNC3)ccc2c1. The molecule has 0 spiro atoms. The average molecular weight is 198 g/mol. The van der Waals surface area contributed by atoms with Crippen LogP contribution in [0, 0.1) is 0 Å².